The Labute approximate surface area is 151 Å². The number of rotatable bonds is 4. The van der Waals surface area contributed by atoms with Gasteiger partial charge in [0.05, 0.1) is 14.2 Å². The molecule has 2 aromatic carbocycles. The number of nitrogens with one attached hydrogen (secondary N) is 1. The number of hydrogen-bond donors (Lipinski definition) is 1. The summed E-state index contributed by atoms with van der Waals surface area (Å²) in [4.78, 5) is 12.3. The van der Waals surface area contributed by atoms with Crippen molar-refractivity contribution in [1.29, 1.82) is 0 Å². The molecule has 0 saturated carbocycles. The van der Waals surface area contributed by atoms with Gasteiger partial charge in [0.1, 0.15) is 11.5 Å². The molecule has 4 rings (SSSR count). The maximum Gasteiger partial charge on any atom is 0.226 e. The van der Waals surface area contributed by atoms with Crippen LogP contribution >= 0.6 is 0 Å². The van der Waals surface area contributed by atoms with E-state index in [1.807, 2.05) is 48.1 Å². The molecule has 6 nitrogen and oxygen atoms in total. The van der Waals surface area contributed by atoms with E-state index in [-0.39, 0.29) is 11.8 Å². The van der Waals surface area contributed by atoms with Crippen molar-refractivity contribution in [3.05, 3.63) is 47.7 Å². The van der Waals surface area contributed by atoms with Crippen LogP contribution in [0.5, 0.6) is 11.5 Å². The predicted octanol–water partition coefficient (Wildman–Crippen LogP) is 3.55. The van der Waals surface area contributed by atoms with Crippen LogP contribution in [0.1, 0.15) is 30.4 Å². The second-order valence-electron chi connectivity index (χ2n) is 6.36. The molecule has 1 atom stereocenters. The Bertz CT molecular complexity index is 988. The van der Waals surface area contributed by atoms with Crippen molar-refractivity contribution >= 4 is 22.5 Å². The van der Waals surface area contributed by atoms with Gasteiger partial charge >= 0.3 is 0 Å². The quantitative estimate of drug-likeness (QED) is 0.781. The van der Waals surface area contributed by atoms with Gasteiger partial charge in [0.15, 0.2) is 5.82 Å². The minimum Gasteiger partial charge on any atom is -0.497 e. The minimum atomic E-state index is -0.121. The lowest BCUT2D eigenvalue weighted by Crippen LogP contribution is -2.23. The number of aromatic nitrogens is 2. The van der Waals surface area contributed by atoms with Gasteiger partial charge in [-0.05, 0) is 35.9 Å². The molecule has 1 amide bonds. The number of fused-ring (bicyclic) bond motifs is 2. The molecule has 1 aromatic heterocycles. The van der Waals surface area contributed by atoms with Crippen molar-refractivity contribution in [3.8, 4) is 11.5 Å². The van der Waals surface area contributed by atoms with Crippen molar-refractivity contribution in [3.63, 3.8) is 0 Å². The van der Waals surface area contributed by atoms with Crippen molar-refractivity contribution in [1.82, 2.24) is 9.78 Å². The van der Waals surface area contributed by atoms with Crippen LogP contribution in [0, 0.1) is 0 Å². The van der Waals surface area contributed by atoms with Gasteiger partial charge in [-0.2, -0.15) is 5.10 Å². The van der Waals surface area contributed by atoms with Crippen LogP contribution < -0.4 is 14.8 Å². The lowest BCUT2D eigenvalue weighted by molar-refractivity contribution is -0.116. The van der Waals surface area contributed by atoms with Gasteiger partial charge in [-0.15, -0.1) is 0 Å². The summed E-state index contributed by atoms with van der Waals surface area (Å²) in [6.45, 7) is 2.77. The number of hydrogen-bond acceptors (Lipinski definition) is 4. The molecular formula is C20H21N3O3. The van der Waals surface area contributed by atoms with E-state index in [4.69, 9.17) is 9.47 Å². The van der Waals surface area contributed by atoms with Crippen molar-refractivity contribution in [2.24, 2.45) is 0 Å². The Hall–Kier alpha value is -3.02. The summed E-state index contributed by atoms with van der Waals surface area (Å²) in [5.74, 6) is 2.02. The molecule has 1 N–H and O–H groups in total. The largest absolute Gasteiger partial charge is 0.497 e. The first kappa shape index (κ1) is 16.4. The molecule has 1 aliphatic rings. The van der Waals surface area contributed by atoms with E-state index in [1.165, 1.54) is 0 Å². The van der Waals surface area contributed by atoms with Gasteiger partial charge in [0.2, 0.25) is 5.91 Å². The number of carbonyl (C=O) groups is 1. The molecule has 3 aromatic rings. The topological polar surface area (TPSA) is 65.4 Å². The smallest absolute Gasteiger partial charge is 0.226 e. The Kier molecular flexibility index (Phi) is 4.03. The van der Waals surface area contributed by atoms with Crippen LogP contribution in [0.2, 0.25) is 0 Å². The molecule has 1 unspecified atom stereocenters. The maximum absolute atomic E-state index is 12.3. The lowest BCUT2D eigenvalue weighted by atomic mass is 9.84. The Morgan fingerprint density at radius 3 is 2.77 bits per heavy atom. The number of ether oxygens (including phenoxy) is 2. The first-order valence-corrected chi connectivity index (χ1v) is 8.66. The fourth-order valence-corrected chi connectivity index (χ4v) is 3.65. The molecule has 0 aliphatic carbocycles. The second kappa shape index (κ2) is 6.37. The normalized spacial score (nSPS) is 16.3. The molecule has 0 saturated heterocycles. The highest BCUT2D eigenvalue weighted by Gasteiger charge is 2.32. The van der Waals surface area contributed by atoms with Crippen LogP contribution in [-0.2, 0) is 11.3 Å². The fourth-order valence-electron chi connectivity index (χ4n) is 3.65. The third-order valence-electron chi connectivity index (χ3n) is 4.94. The summed E-state index contributed by atoms with van der Waals surface area (Å²) in [5, 5.41) is 9.48. The van der Waals surface area contributed by atoms with E-state index < -0.39 is 0 Å². The number of benzene rings is 2. The van der Waals surface area contributed by atoms with Crippen LogP contribution in [0.25, 0.3) is 10.8 Å². The third-order valence-corrected chi connectivity index (χ3v) is 4.94. The Balaban J connectivity index is 1.98. The van der Waals surface area contributed by atoms with Gasteiger partial charge < -0.3 is 14.8 Å². The monoisotopic (exact) mass is 351 g/mol. The van der Waals surface area contributed by atoms with Gasteiger partial charge in [-0.1, -0.05) is 12.1 Å². The van der Waals surface area contributed by atoms with Gasteiger partial charge in [0.25, 0.3) is 0 Å². The zero-order valence-electron chi connectivity index (χ0n) is 15.1. The Morgan fingerprint density at radius 1 is 1.23 bits per heavy atom. The van der Waals surface area contributed by atoms with E-state index in [1.54, 1.807) is 14.2 Å². The second-order valence-corrected chi connectivity index (χ2v) is 6.36. The number of aryl methyl sites for hydroxylation is 1. The standard InChI is InChI=1S/C20H21N3O3/c1-4-23-11-16-15(10-18(24)21-20(16)22-23)19-14-9-13(25-2)7-5-12(14)6-8-17(19)26-3/h5-9,11,15H,4,10H2,1-3H3,(H,21,22,24). The Morgan fingerprint density at radius 2 is 2.04 bits per heavy atom. The maximum atomic E-state index is 12.3. The number of nitrogens with zero attached hydrogens (tertiary/aromatic N) is 2. The first-order chi connectivity index (χ1) is 12.6. The van der Waals surface area contributed by atoms with Crippen molar-refractivity contribution in [2.75, 3.05) is 19.5 Å². The van der Waals surface area contributed by atoms with Crippen LogP contribution in [0.4, 0.5) is 5.82 Å². The zero-order valence-corrected chi connectivity index (χ0v) is 15.1. The molecule has 0 bridgehead atoms. The highest BCUT2D eigenvalue weighted by atomic mass is 16.5. The zero-order chi connectivity index (χ0) is 18.3. The van der Waals surface area contributed by atoms with Gasteiger partial charge in [0, 0.05) is 36.2 Å². The summed E-state index contributed by atoms with van der Waals surface area (Å²) >= 11 is 0. The van der Waals surface area contributed by atoms with Crippen LogP contribution in [0.3, 0.4) is 0 Å². The molecular weight excluding hydrogens is 330 g/mol. The molecule has 2 heterocycles. The number of methoxy groups -OCH3 is 2. The van der Waals surface area contributed by atoms with E-state index in [2.05, 4.69) is 10.4 Å². The summed E-state index contributed by atoms with van der Waals surface area (Å²) in [6, 6.07) is 9.95. The fraction of sp³-hybridized carbons (Fsp3) is 0.300. The van der Waals surface area contributed by atoms with E-state index in [0.717, 1.165) is 39.9 Å². The molecule has 26 heavy (non-hydrogen) atoms. The molecule has 6 heteroatoms. The van der Waals surface area contributed by atoms with Crippen molar-refractivity contribution in [2.45, 2.75) is 25.8 Å². The van der Waals surface area contributed by atoms with Gasteiger partial charge in [-0.25, -0.2) is 0 Å². The molecule has 0 spiro atoms. The first-order valence-electron chi connectivity index (χ1n) is 8.66. The highest BCUT2D eigenvalue weighted by molar-refractivity contribution is 5.97. The summed E-state index contributed by atoms with van der Waals surface area (Å²) in [5.41, 5.74) is 2.01. The summed E-state index contributed by atoms with van der Waals surface area (Å²) in [7, 11) is 3.31. The molecule has 0 radical (unpaired) electrons. The number of amides is 1. The average molecular weight is 351 g/mol. The van der Waals surface area contributed by atoms with Gasteiger partial charge in [-0.3, -0.25) is 9.48 Å². The summed E-state index contributed by atoms with van der Waals surface area (Å²) < 4.78 is 12.9. The van der Waals surface area contributed by atoms with Crippen molar-refractivity contribution < 1.29 is 14.3 Å². The highest BCUT2D eigenvalue weighted by Crippen LogP contribution is 2.44. The number of anilines is 1. The molecule has 0 fully saturated rings. The SMILES string of the molecule is CCn1cc2c(n1)NC(=O)CC2c1c(OC)ccc2ccc(OC)cc12. The predicted molar refractivity (Wildman–Crippen MR) is 100 cm³/mol. The minimum absolute atomic E-state index is 0.0363. The number of carbonyl (C=O) groups excluding carboxylic acids is 1. The lowest BCUT2D eigenvalue weighted by Gasteiger charge is -2.25. The molecule has 134 valence electrons. The molecule has 1 aliphatic heterocycles. The average Bonchev–Trinajstić information content (AvgIpc) is 3.09. The van der Waals surface area contributed by atoms with Crippen LogP contribution in [0.15, 0.2) is 36.5 Å². The van der Waals surface area contributed by atoms with E-state index >= 15 is 0 Å². The summed E-state index contributed by atoms with van der Waals surface area (Å²) in [6.07, 6.45) is 2.37. The van der Waals surface area contributed by atoms with E-state index in [0.29, 0.717) is 12.2 Å². The van der Waals surface area contributed by atoms with E-state index in [9.17, 15) is 4.79 Å². The third kappa shape index (κ3) is 2.58. The van der Waals surface area contributed by atoms with Crippen LogP contribution in [-0.4, -0.2) is 29.9 Å².